The van der Waals surface area contributed by atoms with E-state index in [4.69, 9.17) is 27.9 Å². The van der Waals surface area contributed by atoms with Crippen LogP contribution in [0.4, 0.5) is 0 Å². The number of carbonyl (C=O) groups excluding carboxylic acids is 2. The predicted octanol–water partition coefficient (Wildman–Crippen LogP) is 3.90. The van der Waals surface area contributed by atoms with E-state index >= 15 is 0 Å². The first kappa shape index (κ1) is 18.3. The van der Waals surface area contributed by atoms with Gasteiger partial charge in [-0.2, -0.15) is 0 Å². The highest BCUT2D eigenvalue weighted by atomic mass is 35.5. The molecule has 0 atom stereocenters. The van der Waals surface area contributed by atoms with Crippen molar-refractivity contribution in [3.8, 4) is 0 Å². The summed E-state index contributed by atoms with van der Waals surface area (Å²) in [5.74, 6) is -1.03. The molecule has 0 aliphatic rings. The lowest BCUT2D eigenvalue weighted by Crippen LogP contribution is -2.29. The van der Waals surface area contributed by atoms with E-state index in [-0.39, 0.29) is 28.1 Å². The third kappa shape index (κ3) is 5.55. The quantitative estimate of drug-likeness (QED) is 0.597. The zero-order valence-corrected chi connectivity index (χ0v) is 14.4. The van der Waals surface area contributed by atoms with Gasteiger partial charge in [0.05, 0.1) is 15.6 Å². The molecule has 0 saturated carbocycles. The van der Waals surface area contributed by atoms with E-state index in [1.165, 1.54) is 11.6 Å². The Kier molecular flexibility index (Phi) is 7.09. The number of esters is 1. The van der Waals surface area contributed by atoms with Crippen LogP contribution >= 0.6 is 23.2 Å². The van der Waals surface area contributed by atoms with E-state index in [0.717, 1.165) is 12.8 Å². The Morgan fingerprint density at radius 1 is 1.00 bits per heavy atom. The highest BCUT2D eigenvalue weighted by Gasteiger charge is 2.15. The van der Waals surface area contributed by atoms with E-state index in [0.29, 0.717) is 6.54 Å². The van der Waals surface area contributed by atoms with Gasteiger partial charge in [0, 0.05) is 6.54 Å². The number of rotatable bonds is 7. The van der Waals surface area contributed by atoms with Crippen molar-refractivity contribution < 1.29 is 14.3 Å². The molecular weight excluding hydrogens is 349 g/mol. The molecule has 2 aromatic rings. The fourth-order valence-corrected chi connectivity index (χ4v) is 2.46. The van der Waals surface area contributed by atoms with Crippen molar-refractivity contribution in [3.05, 3.63) is 69.7 Å². The van der Waals surface area contributed by atoms with Crippen molar-refractivity contribution in [2.45, 2.75) is 12.8 Å². The second-order valence-corrected chi connectivity index (χ2v) is 5.90. The van der Waals surface area contributed by atoms with Gasteiger partial charge in [-0.05, 0) is 30.5 Å². The Morgan fingerprint density at radius 3 is 2.50 bits per heavy atom. The molecule has 0 aliphatic carbocycles. The molecule has 6 heteroatoms. The second-order valence-electron chi connectivity index (χ2n) is 5.12. The maximum atomic E-state index is 11.9. The Balaban J connectivity index is 1.69. The zero-order valence-electron chi connectivity index (χ0n) is 12.9. The Hall–Kier alpha value is -2.04. The molecule has 1 amide bonds. The summed E-state index contributed by atoms with van der Waals surface area (Å²) in [7, 11) is 0. The molecule has 0 fully saturated rings. The molecule has 0 saturated heterocycles. The summed E-state index contributed by atoms with van der Waals surface area (Å²) >= 11 is 11.8. The fraction of sp³-hybridized carbons (Fsp3) is 0.222. The summed E-state index contributed by atoms with van der Waals surface area (Å²) in [6, 6.07) is 14.7. The molecule has 0 aromatic heterocycles. The van der Waals surface area contributed by atoms with Crippen molar-refractivity contribution in [2.75, 3.05) is 13.2 Å². The summed E-state index contributed by atoms with van der Waals surface area (Å²) in [5, 5.41) is 3.09. The van der Waals surface area contributed by atoms with Crippen LogP contribution < -0.4 is 5.32 Å². The average molecular weight is 366 g/mol. The van der Waals surface area contributed by atoms with E-state index in [1.54, 1.807) is 12.1 Å². The molecule has 2 aromatic carbocycles. The zero-order chi connectivity index (χ0) is 17.4. The topological polar surface area (TPSA) is 55.4 Å². The van der Waals surface area contributed by atoms with Crippen LogP contribution in [0.15, 0.2) is 48.5 Å². The lowest BCUT2D eigenvalue weighted by molar-refractivity contribution is -0.124. The maximum Gasteiger partial charge on any atom is 0.340 e. The molecule has 4 nitrogen and oxygen atoms in total. The molecule has 0 spiro atoms. The summed E-state index contributed by atoms with van der Waals surface area (Å²) in [6.07, 6.45) is 1.68. The molecule has 24 heavy (non-hydrogen) atoms. The number of halogens is 2. The van der Waals surface area contributed by atoms with Crippen molar-refractivity contribution in [3.63, 3.8) is 0 Å². The molecule has 2 rings (SSSR count). The first-order chi connectivity index (χ1) is 11.6. The maximum absolute atomic E-state index is 11.9. The fourth-order valence-electron chi connectivity index (χ4n) is 2.09. The highest BCUT2D eigenvalue weighted by Crippen LogP contribution is 2.25. The predicted molar refractivity (Wildman–Crippen MR) is 94.5 cm³/mol. The number of aryl methyl sites for hydroxylation is 1. The molecule has 0 unspecified atom stereocenters. The molecule has 0 bridgehead atoms. The first-order valence-electron chi connectivity index (χ1n) is 7.49. The van der Waals surface area contributed by atoms with E-state index in [9.17, 15) is 9.59 Å². The minimum Gasteiger partial charge on any atom is -0.452 e. The third-order valence-corrected chi connectivity index (χ3v) is 4.13. The average Bonchev–Trinajstić information content (AvgIpc) is 2.60. The lowest BCUT2D eigenvalue weighted by atomic mass is 10.1. The minimum atomic E-state index is -0.679. The number of amides is 1. The Morgan fingerprint density at radius 2 is 1.75 bits per heavy atom. The van der Waals surface area contributed by atoms with Gasteiger partial charge < -0.3 is 10.1 Å². The molecular formula is C18H17Cl2NO3. The van der Waals surface area contributed by atoms with Crippen LogP contribution in [0.1, 0.15) is 22.3 Å². The van der Waals surface area contributed by atoms with Gasteiger partial charge in [-0.1, -0.05) is 59.6 Å². The number of ether oxygens (including phenoxy) is 1. The van der Waals surface area contributed by atoms with Gasteiger partial charge in [-0.3, -0.25) is 4.79 Å². The second kappa shape index (κ2) is 9.30. The summed E-state index contributed by atoms with van der Waals surface area (Å²) in [6.45, 7) is 0.163. The summed E-state index contributed by atoms with van der Waals surface area (Å²) < 4.78 is 4.95. The van der Waals surface area contributed by atoms with Crippen molar-refractivity contribution in [1.29, 1.82) is 0 Å². The van der Waals surface area contributed by atoms with Gasteiger partial charge in [-0.25, -0.2) is 4.79 Å². The van der Waals surface area contributed by atoms with E-state index in [2.05, 4.69) is 5.32 Å². The van der Waals surface area contributed by atoms with Gasteiger partial charge in [0.2, 0.25) is 0 Å². The summed E-state index contributed by atoms with van der Waals surface area (Å²) in [4.78, 5) is 23.6. The van der Waals surface area contributed by atoms with Gasteiger partial charge in [0.25, 0.3) is 5.91 Å². The molecule has 0 heterocycles. The van der Waals surface area contributed by atoms with Gasteiger partial charge >= 0.3 is 5.97 Å². The van der Waals surface area contributed by atoms with Gasteiger partial charge in [-0.15, -0.1) is 0 Å². The molecule has 0 aliphatic heterocycles. The van der Waals surface area contributed by atoms with Crippen molar-refractivity contribution in [1.82, 2.24) is 5.32 Å². The normalized spacial score (nSPS) is 10.2. The first-order valence-corrected chi connectivity index (χ1v) is 8.25. The van der Waals surface area contributed by atoms with Crippen LogP contribution in [0.25, 0.3) is 0 Å². The number of hydrogen-bond acceptors (Lipinski definition) is 3. The van der Waals surface area contributed by atoms with Crippen LogP contribution in [0.3, 0.4) is 0 Å². The van der Waals surface area contributed by atoms with Crippen molar-refractivity contribution >= 4 is 35.1 Å². The standard InChI is InChI=1S/C18H17Cl2NO3/c19-15-10-4-9-14(17(15)20)18(23)24-12-16(22)21-11-5-8-13-6-2-1-3-7-13/h1-4,6-7,9-10H,5,8,11-12H2,(H,21,22). The lowest BCUT2D eigenvalue weighted by Gasteiger charge is -2.08. The van der Waals surface area contributed by atoms with Crippen LogP contribution in [0.5, 0.6) is 0 Å². The summed E-state index contributed by atoms with van der Waals surface area (Å²) in [5.41, 5.74) is 1.36. The Bertz CT molecular complexity index is 705. The Labute approximate surface area is 150 Å². The SMILES string of the molecule is O=C(COC(=O)c1cccc(Cl)c1Cl)NCCCc1ccccc1. The van der Waals surface area contributed by atoms with E-state index < -0.39 is 5.97 Å². The van der Waals surface area contributed by atoms with Crippen LogP contribution in [-0.2, 0) is 16.0 Å². The van der Waals surface area contributed by atoms with Crippen LogP contribution in [-0.4, -0.2) is 25.0 Å². The van der Waals surface area contributed by atoms with Crippen LogP contribution in [0.2, 0.25) is 10.0 Å². The van der Waals surface area contributed by atoms with E-state index in [1.807, 2.05) is 30.3 Å². The van der Waals surface area contributed by atoms with Gasteiger partial charge in [0.15, 0.2) is 6.61 Å². The molecule has 126 valence electrons. The largest absolute Gasteiger partial charge is 0.452 e. The number of nitrogens with one attached hydrogen (secondary N) is 1. The monoisotopic (exact) mass is 365 g/mol. The van der Waals surface area contributed by atoms with Crippen molar-refractivity contribution in [2.24, 2.45) is 0 Å². The van der Waals surface area contributed by atoms with Gasteiger partial charge in [0.1, 0.15) is 0 Å². The number of carbonyl (C=O) groups is 2. The van der Waals surface area contributed by atoms with Crippen LogP contribution in [0, 0.1) is 0 Å². The smallest absolute Gasteiger partial charge is 0.340 e. The molecule has 1 N–H and O–H groups in total. The number of benzene rings is 2. The minimum absolute atomic E-state index is 0.118. The number of hydrogen-bond donors (Lipinski definition) is 1. The molecule has 0 radical (unpaired) electrons. The third-order valence-electron chi connectivity index (χ3n) is 3.31. The highest BCUT2D eigenvalue weighted by molar-refractivity contribution is 6.43.